The lowest BCUT2D eigenvalue weighted by Gasteiger charge is -2.06. The average molecular weight is 218 g/mol. The molecule has 1 rings (SSSR count). The lowest BCUT2D eigenvalue weighted by molar-refractivity contribution is -0.118. The van der Waals surface area contributed by atoms with Crippen LogP contribution in [0.1, 0.15) is 13.8 Å². The lowest BCUT2D eigenvalue weighted by atomic mass is 10.3. The van der Waals surface area contributed by atoms with Crippen LogP contribution in [0.15, 0.2) is 5.10 Å². The lowest BCUT2D eigenvalue weighted by Crippen LogP contribution is -2.25. The smallest absolute Gasteiger partial charge is 0.258 e. The molecule has 0 aromatic heterocycles. The highest BCUT2D eigenvalue weighted by Crippen LogP contribution is 2.17. The Morgan fingerprint density at radius 2 is 2.31 bits per heavy atom. The molecular formula is C8H14N2OS2. The molecule has 1 amide bonds. The van der Waals surface area contributed by atoms with E-state index in [2.05, 4.69) is 17.5 Å². The van der Waals surface area contributed by atoms with Crippen molar-refractivity contribution in [2.75, 3.05) is 17.3 Å². The van der Waals surface area contributed by atoms with Gasteiger partial charge in [0.25, 0.3) is 5.91 Å². The molecule has 0 aliphatic carbocycles. The van der Waals surface area contributed by atoms with Crippen LogP contribution in [-0.4, -0.2) is 34.1 Å². The molecule has 5 heteroatoms. The molecule has 1 aliphatic heterocycles. The zero-order valence-electron chi connectivity index (χ0n) is 7.87. The van der Waals surface area contributed by atoms with Crippen molar-refractivity contribution in [3.8, 4) is 0 Å². The minimum absolute atomic E-state index is 0.0315. The standard InChI is InChI=1S/C8H14N2OS2/c1-3-12-4-5-13-7-6(2)9-10-8(7)11/h7H,3-5H2,1-2H3,(H,10,11). The van der Waals surface area contributed by atoms with E-state index in [0.29, 0.717) is 0 Å². The molecule has 1 heterocycles. The van der Waals surface area contributed by atoms with Gasteiger partial charge < -0.3 is 0 Å². The molecule has 0 aromatic rings. The summed E-state index contributed by atoms with van der Waals surface area (Å²) in [6.07, 6.45) is 0. The van der Waals surface area contributed by atoms with Crippen LogP contribution in [0.2, 0.25) is 0 Å². The van der Waals surface area contributed by atoms with Gasteiger partial charge >= 0.3 is 0 Å². The normalized spacial score (nSPS) is 21.5. The first-order valence-electron chi connectivity index (χ1n) is 4.29. The van der Waals surface area contributed by atoms with Gasteiger partial charge in [-0.15, -0.1) is 11.8 Å². The van der Waals surface area contributed by atoms with Crippen LogP contribution in [-0.2, 0) is 4.79 Å². The van der Waals surface area contributed by atoms with E-state index in [1.165, 1.54) is 0 Å². The van der Waals surface area contributed by atoms with Gasteiger partial charge in [-0.25, -0.2) is 5.43 Å². The topological polar surface area (TPSA) is 41.5 Å². The number of hydrogen-bond acceptors (Lipinski definition) is 4. The van der Waals surface area contributed by atoms with Gasteiger partial charge in [0.05, 0.1) is 5.71 Å². The molecule has 0 saturated heterocycles. The number of carbonyl (C=O) groups is 1. The quantitative estimate of drug-likeness (QED) is 0.708. The largest absolute Gasteiger partial charge is 0.271 e. The molecule has 0 aromatic carbocycles. The number of hydrogen-bond donors (Lipinski definition) is 1. The maximum absolute atomic E-state index is 11.2. The van der Waals surface area contributed by atoms with Crippen molar-refractivity contribution in [3.05, 3.63) is 0 Å². The van der Waals surface area contributed by atoms with Gasteiger partial charge in [-0.2, -0.15) is 16.9 Å². The second kappa shape index (κ2) is 5.54. The fourth-order valence-corrected chi connectivity index (χ4v) is 2.89. The fourth-order valence-electron chi connectivity index (χ4n) is 1.02. The number of nitrogens with one attached hydrogen (secondary N) is 1. The zero-order chi connectivity index (χ0) is 9.68. The molecule has 0 spiro atoms. The molecule has 0 saturated carbocycles. The summed E-state index contributed by atoms with van der Waals surface area (Å²) in [4.78, 5) is 11.2. The van der Waals surface area contributed by atoms with Crippen LogP contribution in [0.25, 0.3) is 0 Å². The monoisotopic (exact) mass is 218 g/mol. The summed E-state index contributed by atoms with van der Waals surface area (Å²) >= 11 is 3.58. The maximum atomic E-state index is 11.2. The Morgan fingerprint density at radius 1 is 1.54 bits per heavy atom. The van der Waals surface area contributed by atoms with Gasteiger partial charge in [-0.3, -0.25) is 4.79 Å². The van der Waals surface area contributed by atoms with Crippen molar-refractivity contribution in [2.45, 2.75) is 19.1 Å². The van der Waals surface area contributed by atoms with Crippen LogP contribution in [0.5, 0.6) is 0 Å². The Labute approximate surface area is 87.1 Å². The summed E-state index contributed by atoms with van der Waals surface area (Å²) in [5.41, 5.74) is 3.38. The van der Waals surface area contributed by atoms with E-state index in [9.17, 15) is 4.79 Å². The molecule has 0 bridgehead atoms. The van der Waals surface area contributed by atoms with Crippen molar-refractivity contribution < 1.29 is 4.79 Å². The Kier molecular flexibility index (Phi) is 4.66. The summed E-state index contributed by atoms with van der Waals surface area (Å²) in [6, 6.07) is 0. The van der Waals surface area contributed by atoms with Gasteiger partial charge in [0.2, 0.25) is 0 Å². The number of thioether (sulfide) groups is 2. The molecule has 1 atom stereocenters. The Morgan fingerprint density at radius 3 is 2.85 bits per heavy atom. The summed E-state index contributed by atoms with van der Waals surface area (Å²) in [6.45, 7) is 4.03. The fraction of sp³-hybridized carbons (Fsp3) is 0.750. The van der Waals surface area contributed by atoms with Gasteiger partial charge in [-0.1, -0.05) is 6.92 Å². The minimum atomic E-state index is -0.0440. The summed E-state index contributed by atoms with van der Waals surface area (Å²) < 4.78 is 0. The van der Waals surface area contributed by atoms with Crippen molar-refractivity contribution in [2.24, 2.45) is 5.10 Å². The molecule has 0 radical (unpaired) electrons. The Balaban J connectivity index is 2.20. The average Bonchev–Trinajstić information content (AvgIpc) is 2.42. The number of nitrogens with zero attached hydrogens (tertiary/aromatic N) is 1. The molecule has 13 heavy (non-hydrogen) atoms. The highest BCUT2D eigenvalue weighted by atomic mass is 32.2. The van der Waals surface area contributed by atoms with Crippen LogP contribution in [0, 0.1) is 0 Å². The van der Waals surface area contributed by atoms with Crippen molar-refractivity contribution >= 4 is 35.1 Å². The first-order valence-corrected chi connectivity index (χ1v) is 6.49. The van der Waals surface area contributed by atoms with E-state index in [-0.39, 0.29) is 11.2 Å². The molecular weight excluding hydrogens is 204 g/mol. The number of carbonyl (C=O) groups excluding carboxylic acids is 1. The van der Waals surface area contributed by atoms with Crippen LogP contribution in [0.4, 0.5) is 0 Å². The molecule has 1 aliphatic rings. The van der Waals surface area contributed by atoms with Crippen molar-refractivity contribution in [1.29, 1.82) is 0 Å². The van der Waals surface area contributed by atoms with Crippen LogP contribution < -0.4 is 5.43 Å². The highest BCUT2D eigenvalue weighted by Gasteiger charge is 2.26. The third-order valence-corrected chi connectivity index (χ3v) is 4.16. The third-order valence-electron chi connectivity index (χ3n) is 1.68. The number of rotatable bonds is 5. The molecule has 74 valence electrons. The minimum Gasteiger partial charge on any atom is -0.271 e. The second-order valence-corrected chi connectivity index (χ2v) is 5.28. The summed E-state index contributed by atoms with van der Waals surface area (Å²) in [7, 11) is 0. The zero-order valence-corrected chi connectivity index (χ0v) is 9.50. The van der Waals surface area contributed by atoms with Gasteiger partial charge in [-0.05, 0) is 12.7 Å². The first kappa shape index (κ1) is 10.9. The van der Waals surface area contributed by atoms with E-state index < -0.39 is 0 Å². The third kappa shape index (κ3) is 3.23. The predicted molar refractivity (Wildman–Crippen MR) is 60.5 cm³/mol. The number of amides is 1. The van der Waals surface area contributed by atoms with Crippen LogP contribution >= 0.6 is 23.5 Å². The molecule has 3 nitrogen and oxygen atoms in total. The van der Waals surface area contributed by atoms with E-state index in [0.717, 1.165) is 23.0 Å². The van der Waals surface area contributed by atoms with Crippen molar-refractivity contribution in [1.82, 2.24) is 5.43 Å². The van der Waals surface area contributed by atoms with Gasteiger partial charge in [0.1, 0.15) is 5.25 Å². The Hall–Kier alpha value is -0.160. The maximum Gasteiger partial charge on any atom is 0.258 e. The number of hydrazone groups is 1. The van der Waals surface area contributed by atoms with E-state index in [4.69, 9.17) is 0 Å². The van der Waals surface area contributed by atoms with Crippen molar-refractivity contribution in [3.63, 3.8) is 0 Å². The highest BCUT2D eigenvalue weighted by molar-refractivity contribution is 8.04. The molecule has 1 N–H and O–H groups in total. The molecule has 1 unspecified atom stereocenters. The predicted octanol–water partition coefficient (Wildman–Crippen LogP) is 1.35. The SMILES string of the molecule is CCSCCSC1C(=O)NN=C1C. The van der Waals surface area contributed by atoms with E-state index in [1.54, 1.807) is 11.8 Å². The van der Waals surface area contributed by atoms with Gasteiger partial charge in [0.15, 0.2) is 0 Å². The summed E-state index contributed by atoms with van der Waals surface area (Å²) in [5, 5.41) is 3.84. The van der Waals surface area contributed by atoms with Gasteiger partial charge in [0, 0.05) is 11.5 Å². The molecule has 0 fully saturated rings. The summed E-state index contributed by atoms with van der Waals surface area (Å²) in [5.74, 6) is 3.30. The van der Waals surface area contributed by atoms with E-state index in [1.807, 2.05) is 18.7 Å². The second-order valence-electron chi connectivity index (χ2n) is 2.68. The van der Waals surface area contributed by atoms with Crippen LogP contribution in [0.3, 0.4) is 0 Å². The first-order chi connectivity index (χ1) is 6.25. The Bertz CT molecular complexity index is 218. The van der Waals surface area contributed by atoms with E-state index >= 15 is 0 Å².